The number of aliphatic hydroxyl groups excluding tert-OH is 1. The minimum absolute atomic E-state index is 0.0315. The predicted molar refractivity (Wildman–Crippen MR) is 149 cm³/mol. The molecule has 204 valence electrons. The van der Waals surface area contributed by atoms with E-state index in [1.165, 1.54) is 4.90 Å². The maximum atomic E-state index is 12.8. The van der Waals surface area contributed by atoms with Crippen LogP contribution in [0.4, 0.5) is 4.79 Å². The number of carbonyl (C=O) groups excluding carboxylic acids is 1. The molecule has 38 heavy (non-hydrogen) atoms. The maximum absolute atomic E-state index is 12.8. The second kappa shape index (κ2) is 14.4. The Kier molecular flexibility index (Phi) is 11.2. The van der Waals surface area contributed by atoms with Crippen LogP contribution in [0.25, 0.3) is 0 Å². The van der Waals surface area contributed by atoms with E-state index in [-0.39, 0.29) is 13.1 Å². The molecule has 0 heterocycles. The summed E-state index contributed by atoms with van der Waals surface area (Å²) in [7, 11) is 3.11. The molecule has 1 N–H and O–H groups in total. The van der Waals surface area contributed by atoms with Crippen LogP contribution < -0.4 is 14.2 Å². The molecule has 3 rings (SSSR count). The van der Waals surface area contributed by atoms with Crippen molar-refractivity contribution in [2.24, 2.45) is 0 Å². The van der Waals surface area contributed by atoms with Crippen molar-refractivity contribution in [3.63, 3.8) is 0 Å². The van der Waals surface area contributed by atoms with Crippen LogP contribution in [0.15, 0.2) is 72.8 Å². The molecule has 0 spiro atoms. The first-order valence-corrected chi connectivity index (χ1v) is 13.0. The molecule has 0 saturated carbocycles. The summed E-state index contributed by atoms with van der Waals surface area (Å²) in [6.07, 6.45) is -1.23. The SMILES string of the molecule is COc1ccc(CCN(C[C@H](O)c2ccc(OCc3ccccc3)cc2)C(=O)OCC(Cl)(Cl)Cl)cc1OC. The lowest BCUT2D eigenvalue weighted by Gasteiger charge is -2.26. The van der Waals surface area contributed by atoms with Crippen molar-refractivity contribution in [2.75, 3.05) is 33.9 Å². The molecular formula is C28H30Cl3NO6. The topological polar surface area (TPSA) is 77.5 Å². The minimum atomic E-state index is -1.75. The highest BCUT2D eigenvalue weighted by Gasteiger charge is 2.26. The number of nitrogens with zero attached hydrogens (tertiary/aromatic N) is 1. The highest BCUT2D eigenvalue weighted by molar-refractivity contribution is 6.67. The Morgan fingerprint density at radius 3 is 2.24 bits per heavy atom. The van der Waals surface area contributed by atoms with Gasteiger partial charge in [-0.25, -0.2) is 4.79 Å². The van der Waals surface area contributed by atoms with Crippen molar-refractivity contribution < 1.29 is 28.8 Å². The number of amides is 1. The lowest BCUT2D eigenvalue weighted by molar-refractivity contribution is 0.0742. The van der Waals surface area contributed by atoms with E-state index in [2.05, 4.69) is 0 Å². The lowest BCUT2D eigenvalue weighted by atomic mass is 10.1. The molecule has 0 radical (unpaired) electrons. The summed E-state index contributed by atoms with van der Waals surface area (Å²) in [6.45, 7) is 0.217. The van der Waals surface area contributed by atoms with Gasteiger partial charge >= 0.3 is 6.09 Å². The lowest BCUT2D eigenvalue weighted by Crippen LogP contribution is -2.38. The molecular weight excluding hydrogens is 553 g/mol. The van der Waals surface area contributed by atoms with Gasteiger partial charge in [-0.05, 0) is 47.4 Å². The zero-order valence-electron chi connectivity index (χ0n) is 21.1. The van der Waals surface area contributed by atoms with Crippen molar-refractivity contribution in [3.05, 3.63) is 89.5 Å². The zero-order valence-corrected chi connectivity index (χ0v) is 23.4. The Balaban J connectivity index is 1.65. The molecule has 0 aromatic heterocycles. The van der Waals surface area contributed by atoms with E-state index in [9.17, 15) is 9.90 Å². The first-order valence-electron chi connectivity index (χ1n) is 11.8. The molecule has 3 aromatic rings. The van der Waals surface area contributed by atoms with Crippen LogP contribution in [0.5, 0.6) is 17.2 Å². The van der Waals surface area contributed by atoms with E-state index >= 15 is 0 Å². The van der Waals surface area contributed by atoms with Crippen LogP contribution in [0, 0.1) is 0 Å². The number of hydrogen-bond donors (Lipinski definition) is 1. The van der Waals surface area contributed by atoms with Crippen LogP contribution in [0.2, 0.25) is 0 Å². The van der Waals surface area contributed by atoms with Crippen LogP contribution >= 0.6 is 34.8 Å². The number of methoxy groups -OCH3 is 2. The molecule has 0 aliphatic carbocycles. The third-order valence-corrected chi connectivity index (χ3v) is 5.97. The number of ether oxygens (including phenoxy) is 4. The second-order valence-electron chi connectivity index (χ2n) is 8.41. The monoisotopic (exact) mass is 581 g/mol. The van der Waals surface area contributed by atoms with Crippen molar-refractivity contribution in [1.82, 2.24) is 4.90 Å². The fourth-order valence-electron chi connectivity index (χ4n) is 3.63. The summed E-state index contributed by atoms with van der Waals surface area (Å²) >= 11 is 17.2. The fourth-order valence-corrected chi connectivity index (χ4v) is 3.80. The Hall–Kier alpha value is -2.84. The Bertz CT molecular complexity index is 1160. The number of benzene rings is 3. The Labute approximate surface area is 237 Å². The summed E-state index contributed by atoms with van der Waals surface area (Å²) in [6, 6.07) is 22.4. The molecule has 0 saturated heterocycles. The van der Waals surface area contributed by atoms with Gasteiger partial charge in [-0.2, -0.15) is 0 Å². The molecule has 7 nitrogen and oxygen atoms in total. The predicted octanol–water partition coefficient (Wildman–Crippen LogP) is 6.37. The standard InChI is InChI=1S/C28H30Cl3NO6/c1-35-25-13-8-20(16-26(25)36-2)14-15-32(27(34)38-19-28(29,30)31)17-24(33)22-9-11-23(12-10-22)37-18-21-6-4-3-5-7-21/h3-13,16,24,33H,14-15,17-19H2,1-2H3/t24-/m0/s1. The zero-order chi connectivity index (χ0) is 27.5. The van der Waals surface area contributed by atoms with Gasteiger partial charge in [0, 0.05) is 6.54 Å². The first-order chi connectivity index (χ1) is 18.2. The summed E-state index contributed by atoms with van der Waals surface area (Å²) in [4.78, 5) is 14.2. The van der Waals surface area contributed by atoms with E-state index in [0.717, 1.165) is 11.1 Å². The molecule has 0 bridgehead atoms. The van der Waals surface area contributed by atoms with E-state index in [4.69, 9.17) is 53.8 Å². The molecule has 10 heteroatoms. The molecule has 3 aromatic carbocycles. The third kappa shape index (κ3) is 9.48. The highest BCUT2D eigenvalue weighted by Crippen LogP contribution is 2.29. The van der Waals surface area contributed by atoms with Gasteiger partial charge < -0.3 is 29.0 Å². The summed E-state index contributed by atoms with van der Waals surface area (Å²) in [5.41, 5.74) is 2.56. The van der Waals surface area contributed by atoms with Gasteiger partial charge in [0.15, 0.2) is 11.5 Å². The molecule has 0 unspecified atom stereocenters. The van der Waals surface area contributed by atoms with Crippen molar-refractivity contribution in [3.8, 4) is 17.2 Å². The number of aliphatic hydroxyl groups is 1. The van der Waals surface area contributed by atoms with Gasteiger partial charge in [-0.1, -0.05) is 83.3 Å². The summed E-state index contributed by atoms with van der Waals surface area (Å²) in [5, 5.41) is 10.9. The Morgan fingerprint density at radius 1 is 0.921 bits per heavy atom. The van der Waals surface area contributed by atoms with Crippen molar-refractivity contribution in [1.29, 1.82) is 0 Å². The molecule has 1 atom stereocenters. The molecule has 0 fully saturated rings. The fraction of sp³-hybridized carbons (Fsp3) is 0.321. The van der Waals surface area contributed by atoms with E-state index in [0.29, 0.717) is 35.8 Å². The van der Waals surface area contributed by atoms with Gasteiger partial charge in [-0.15, -0.1) is 0 Å². The number of rotatable bonds is 12. The number of carbonyl (C=O) groups is 1. The Morgan fingerprint density at radius 2 is 1.61 bits per heavy atom. The molecule has 0 aliphatic rings. The van der Waals surface area contributed by atoms with Gasteiger partial charge in [-0.3, -0.25) is 0 Å². The first kappa shape index (κ1) is 29.7. The largest absolute Gasteiger partial charge is 0.493 e. The average Bonchev–Trinajstić information content (AvgIpc) is 2.92. The van der Waals surface area contributed by atoms with Crippen LogP contribution in [0.3, 0.4) is 0 Å². The van der Waals surface area contributed by atoms with Crippen molar-refractivity contribution in [2.45, 2.75) is 22.9 Å². The molecule has 1 amide bonds. The van der Waals surface area contributed by atoms with Crippen molar-refractivity contribution >= 4 is 40.9 Å². The van der Waals surface area contributed by atoms with Crippen LogP contribution in [-0.2, 0) is 17.8 Å². The van der Waals surface area contributed by atoms with E-state index < -0.39 is 22.6 Å². The second-order valence-corrected chi connectivity index (χ2v) is 10.9. The quantitative estimate of drug-likeness (QED) is 0.250. The summed E-state index contributed by atoms with van der Waals surface area (Å²) in [5.74, 6) is 1.84. The highest BCUT2D eigenvalue weighted by atomic mass is 35.6. The van der Waals surface area contributed by atoms with Crippen LogP contribution in [0.1, 0.15) is 22.8 Å². The van der Waals surface area contributed by atoms with Gasteiger partial charge in [0.2, 0.25) is 3.79 Å². The number of hydrogen-bond acceptors (Lipinski definition) is 6. The van der Waals surface area contributed by atoms with E-state index in [1.807, 2.05) is 42.5 Å². The molecule has 0 aliphatic heterocycles. The van der Waals surface area contributed by atoms with Gasteiger partial charge in [0.1, 0.15) is 19.0 Å². The van der Waals surface area contributed by atoms with Crippen LogP contribution in [-0.4, -0.2) is 53.8 Å². The van der Waals surface area contributed by atoms with Gasteiger partial charge in [0.25, 0.3) is 0 Å². The normalized spacial score (nSPS) is 11.9. The third-order valence-electron chi connectivity index (χ3n) is 5.64. The summed E-state index contributed by atoms with van der Waals surface area (Å²) < 4.78 is 19.9. The number of halogens is 3. The number of alkyl halides is 3. The van der Waals surface area contributed by atoms with Gasteiger partial charge in [0.05, 0.1) is 26.9 Å². The minimum Gasteiger partial charge on any atom is -0.493 e. The maximum Gasteiger partial charge on any atom is 0.410 e. The van der Waals surface area contributed by atoms with E-state index in [1.54, 1.807) is 44.6 Å². The smallest absolute Gasteiger partial charge is 0.410 e. The average molecular weight is 583 g/mol.